The molecular weight excluding hydrogens is 222 g/mol. The van der Waals surface area contributed by atoms with Crippen LogP contribution in [0.1, 0.15) is 16.7 Å². The Hall–Kier alpha value is -2.47. The minimum absolute atomic E-state index is 0.666. The van der Waals surface area contributed by atoms with Crippen LogP contribution in [0.25, 0.3) is 0 Å². The summed E-state index contributed by atoms with van der Waals surface area (Å²) in [6, 6.07) is 13.7. The summed E-state index contributed by atoms with van der Waals surface area (Å²) in [5.41, 5.74) is 11.0. The van der Waals surface area contributed by atoms with Crippen LogP contribution in [0.4, 0.5) is 17.1 Å². The quantitative estimate of drug-likeness (QED) is 0.786. The molecule has 0 saturated carbocycles. The van der Waals surface area contributed by atoms with E-state index in [9.17, 15) is 5.26 Å². The minimum Gasteiger partial charge on any atom is -0.398 e. The second-order valence-corrected chi connectivity index (χ2v) is 4.25. The highest BCUT2D eigenvalue weighted by atomic mass is 14.9. The van der Waals surface area contributed by atoms with Crippen LogP contribution >= 0.6 is 0 Å². The normalized spacial score (nSPS) is 9.83. The summed E-state index contributed by atoms with van der Waals surface area (Å²) >= 11 is 0. The summed E-state index contributed by atoms with van der Waals surface area (Å²) in [6.07, 6.45) is 0. The van der Waals surface area contributed by atoms with E-state index in [1.54, 1.807) is 0 Å². The van der Waals surface area contributed by atoms with Gasteiger partial charge in [0.15, 0.2) is 0 Å². The summed E-state index contributed by atoms with van der Waals surface area (Å²) in [5.74, 6) is 0. The lowest BCUT2D eigenvalue weighted by molar-refractivity contribution is 1.37. The van der Waals surface area contributed by atoms with E-state index in [1.807, 2.05) is 50.2 Å². The van der Waals surface area contributed by atoms with Gasteiger partial charge in [-0.3, -0.25) is 0 Å². The Labute approximate surface area is 107 Å². The van der Waals surface area contributed by atoms with Crippen molar-refractivity contribution in [3.05, 3.63) is 53.1 Å². The fourth-order valence-corrected chi connectivity index (χ4v) is 1.85. The summed E-state index contributed by atoms with van der Waals surface area (Å²) in [6.45, 7) is 3.88. The molecule has 0 aliphatic heterocycles. The molecule has 2 rings (SSSR count). The molecule has 0 aromatic heterocycles. The van der Waals surface area contributed by atoms with Crippen molar-refractivity contribution in [1.29, 1.82) is 5.26 Å². The number of nitrogens with zero attached hydrogens (tertiary/aromatic N) is 1. The molecule has 0 bridgehead atoms. The first kappa shape index (κ1) is 12.0. The van der Waals surface area contributed by atoms with Crippen LogP contribution in [0.15, 0.2) is 36.4 Å². The van der Waals surface area contributed by atoms with Crippen molar-refractivity contribution in [1.82, 2.24) is 0 Å². The molecule has 3 N–H and O–H groups in total. The van der Waals surface area contributed by atoms with Gasteiger partial charge < -0.3 is 11.1 Å². The number of rotatable bonds is 2. The number of nitrogen functional groups attached to an aromatic ring is 1. The fourth-order valence-electron chi connectivity index (χ4n) is 1.85. The molecule has 0 saturated heterocycles. The summed E-state index contributed by atoms with van der Waals surface area (Å²) in [4.78, 5) is 0. The maximum Gasteiger partial charge on any atom is 0.102 e. The van der Waals surface area contributed by atoms with Gasteiger partial charge in [-0.1, -0.05) is 18.2 Å². The van der Waals surface area contributed by atoms with Gasteiger partial charge in [-0.2, -0.15) is 5.26 Å². The lowest BCUT2D eigenvalue weighted by Crippen LogP contribution is -1.99. The smallest absolute Gasteiger partial charge is 0.102 e. The van der Waals surface area contributed by atoms with Crippen molar-refractivity contribution >= 4 is 17.1 Å². The Kier molecular flexibility index (Phi) is 3.20. The third-order valence-electron chi connectivity index (χ3n) is 3.03. The highest BCUT2D eigenvalue weighted by Crippen LogP contribution is 2.27. The Morgan fingerprint density at radius 3 is 2.44 bits per heavy atom. The van der Waals surface area contributed by atoms with Gasteiger partial charge in [-0.25, -0.2) is 0 Å². The number of anilines is 3. The van der Waals surface area contributed by atoms with E-state index in [0.29, 0.717) is 5.56 Å². The predicted molar refractivity (Wildman–Crippen MR) is 74.8 cm³/mol. The zero-order valence-corrected chi connectivity index (χ0v) is 10.5. The van der Waals surface area contributed by atoms with E-state index in [2.05, 4.69) is 11.4 Å². The molecule has 0 amide bonds. The van der Waals surface area contributed by atoms with Crippen LogP contribution in [0.3, 0.4) is 0 Å². The van der Waals surface area contributed by atoms with Gasteiger partial charge in [-0.15, -0.1) is 0 Å². The van der Waals surface area contributed by atoms with Crippen molar-refractivity contribution < 1.29 is 0 Å². The molecule has 18 heavy (non-hydrogen) atoms. The molecule has 90 valence electrons. The Morgan fingerprint density at radius 1 is 1.06 bits per heavy atom. The van der Waals surface area contributed by atoms with Gasteiger partial charge in [0.1, 0.15) is 6.07 Å². The topological polar surface area (TPSA) is 61.8 Å². The van der Waals surface area contributed by atoms with E-state index in [4.69, 9.17) is 5.73 Å². The molecule has 3 nitrogen and oxygen atoms in total. The predicted octanol–water partition coefficient (Wildman–Crippen LogP) is 3.50. The van der Waals surface area contributed by atoms with Gasteiger partial charge in [0.05, 0.1) is 11.3 Å². The van der Waals surface area contributed by atoms with E-state index >= 15 is 0 Å². The number of hydrogen-bond acceptors (Lipinski definition) is 3. The molecule has 0 unspecified atom stereocenters. The largest absolute Gasteiger partial charge is 0.398 e. The molecule has 0 atom stereocenters. The molecule has 3 heteroatoms. The maximum absolute atomic E-state index is 9.19. The molecule has 0 fully saturated rings. The van der Waals surface area contributed by atoms with Gasteiger partial charge >= 0.3 is 0 Å². The summed E-state index contributed by atoms with van der Waals surface area (Å²) in [5, 5.41) is 12.5. The first-order valence-electron chi connectivity index (χ1n) is 5.75. The molecule has 0 radical (unpaired) electrons. The van der Waals surface area contributed by atoms with E-state index in [1.165, 1.54) is 0 Å². The highest BCUT2D eigenvalue weighted by molar-refractivity contribution is 5.73. The lowest BCUT2D eigenvalue weighted by atomic mass is 10.1. The number of nitrogens with one attached hydrogen (secondary N) is 1. The first-order chi connectivity index (χ1) is 8.63. The monoisotopic (exact) mass is 237 g/mol. The van der Waals surface area contributed by atoms with Crippen LogP contribution in [0.2, 0.25) is 0 Å². The highest BCUT2D eigenvalue weighted by Gasteiger charge is 2.07. The van der Waals surface area contributed by atoms with Gasteiger partial charge in [0, 0.05) is 11.4 Å². The second kappa shape index (κ2) is 4.80. The zero-order valence-electron chi connectivity index (χ0n) is 10.5. The first-order valence-corrected chi connectivity index (χ1v) is 5.75. The third kappa shape index (κ3) is 2.14. The SMILES string of the molecule is Cc1cccc(Nc2cccc(N)c2C)c1C#N. The lowest BCUT2D eigenvalue weighted by Gasteiger charge is -2.13. The van der Waals surface area contributed by atoms with Crippen LogP contribution < -0.4 is 11.1 Å². The van der Waals surface area contributed by atoms with Crippen LogP contribution in [-0.2, 0) is 0 Å². The number of aryl methyl sites for hydroxylation is 1. The van der Waals surface area contributed by atoms with Crippen molar-refractivity contribution in [2.24, 2.45) is 0 Å². The third-order valence-corrected chi connectivity index (χ3v) is 3.03. The Balaban J connectivity index is 2.44. The average molecular weight is 237 g/mol. The van der Waals surface area contributed by atoms with Crippen LogP contribution in [-0.4, -0.2) is 0 Å². The van der Waals surface area contributed by atoms with E-state index in [0.717, 1.165) is 28.2 Å². The van der Waals surface area contributed by atoms with Crippen molar-refractivity contribution in [2.45, 2.75) is 13.8 Å². The molecule has 0 heterocycles. The van der Waals surface area contributed by atoms with E-state index < -0.39 is 0 Å². The summed E-state index contributed by atoms with van der Waals surface area (Å²) in [7, 11) is 0. The molecule has 2 aromatic carbocycles. The average Bonchev–Trinajstić information content (AvgIpc) is 2.35. The van der Waals surface area contributed by atoms with Crippen LogP contribution in [0, 0.1) is 25.2 Å². The minimum atomic E-state index is 0.666. The van der Waals surface area contributed by atoms with Crippen LogP contribution in [0.5, 0.6) is 0 Å². The van der Waals surface area contributed by atoms with Gasteiger partial charge in [0.2, 0.25) is 0 Å². The Bertz CT molecular complexity index is 624. The number of benzene rings is 2. The Morgan fingerprint density at radius 2 is 1.72 bits per heavy atom. The maximum atomic E-state index is 9.19. The molecular formula is C15H15N3. The molecule has 0 aliphatic carbocycles. The molecule has 0 aliphatic rings. The second-order valence-electron chi connectivity index (χ2n) is 4.25. The van der Waals surface area contributed by atoms with Gasteiger partial charge in [0.25, 0.3) is 0 Å². The van der Waals surface area contributed by atoms with Crippen molar-refractivity contribution in [2.75, 3.05) is 11.1 Å². The molecule has 0 spiro atoms. The number of hydrogen-bond donors (Lipinski definition) is 2. The standard InChI is InChI=1S/C15H15N3/c1-10-5-3-8-15(12(10)9-16)18-14-7-4-6-13(17)11(14)2/h3-8,18H,17H2,1-2H3. The number of nitriles is 1. The summed E-state index contributed by atoms with van der Waals surface area (Å²) < 4.78 is 0. The van der Waals surface area contributed by atoms with Gasteiger partial charge in [-0.05, 0) is 43.2 Å². The van der Waals surface area contributed by atoms with Crippen molar-refractivity contribution in [3.8, 4) is 6.07 Å². The zero-order chi connectivity index (χ0) is 13.1. The fraction of sp³-hybridized carbons (Fsp3) is 0.133. The molecule has 2 aromatic rings. The van der Waals surface area contributed by atoms with E-state index in [-0.39, 0.29) is 0 Å². The van der Waals surface area contributed by atoms with Crippen molar-refractivity contribution in [3.63, 3.8) is 0 Å². The number of nitrogens with two attached hydrogens (primary N) is 1.